The molecular weight excluding hydrogens is 407 g/mol. The lowest BCUT2D eigenvalue weighted by Gasteiger charge is -2.16. The first-order valence-electron chi connectivity index (χ1n) is 10.8. The van der Waals surface area contributed by atoms with Crippen molar-refractivity contribution in [2.24, 2.45) is 0 Å². The van der Waals surface area contributed by atoms with E-state index in [4.69, 9.17) is 4.42 Å². The molecule has 2 aromatic heterocycles. The van der Waals surface area contributed by atoms with Crippen LogP contribution in [0.1, 0.15) is 30.8 Å². The van der Waals surface area contributed by atoms with Crippen molar-refractivity contribution >= 4 is 11.6 Å². The van der Waals surface area contributed by atoms with E-state index in [-0.39, 0.29) is 18.1 Å². The lowest BCUT2D eigenvalue weighted by atomic mass is 10.1. The van der Waals surface area contributed by atoms with Crippen molar-refractivity contribution in [3.63, 3.8) is 0 Å². The summed E-state index contributed by atoms with van der Waals surface area (Å²) in [5, 5.41) is 2.90. The fourth-order valence-electron chi connectivity index (χ4n) is 4.02. The number of fused-ring (bicyclic) bond motifs is 1. The molecule has 162 valence electrons. The van der Waals surface area contributed by atoms with E-state index in [1.54, 1.807) is 18.2 Å². The van der Waals surface area contributed by atoms with E-state index in [1.165, 1.54) is 30.8 Å². The molecule has 0 saturated carbocycles. The number of hydrogen-bond acceptors (Lipinski definition) is 4. The van der Waals surface area contributed by atoms with Gasteiger partial charge in [0.15, 0.2) is 11.7 Å². The second-order valence-electron chi connectivity index (χ2n) is 7.91. The molecule has 0 saturated heterocycles. The van der Waals surface area contributed by atoms with Crippen molar-refractivity contribution in [1.29, 1.82) is 0 Å². The fraction of sp³-hybridized carbons (Fsp3) is 0.240. The van der Waals surface area contributed by atoms with Gasteiger partial charge in [0.2, 0.25) is 5.91 Å². The number of anilines is 1. The molecular formula is C25H23FN4O2. The predicted octanol–water partition coefficient (Wildman–Crippen LogP) is 5.25. The number of nitrogens with zero attached hydrogens (tertiary/aromatic N) is 3. The molecule has 1 amide bonds. The van der Waals surface area contributed by atoms with Crippen LogP contribution in [0.25, 0.3) is 22.7 Å². The Morgan fingerprint density at radius 3 is 2.75 bits per heavy atom. The van der Waals surface area contributed by atoms with Gasteiger partial charge in [0, 0.05) is 42.5 Å². The van der Waals surface area contributed by atoms with Gasteiger partial charge in [0.1, 0.15) is 11.6 Å². The zero-order chi connectivity index (χ0) is 21.9. The van der Waals surface area contributed by atoms with Crippen LogP contribution in [-0.4, -0.2) is 20.4 Å². The van der Waals surface area contributed by atoms with Gasteiger partial charge in [-0.3, -0.25) is 4.79 Å². The highest BCUT2D eigenvalue weighted by atomic mass is 19.1. The number of amides is 1. The maximum Gasteiger partial charge on any atom is 0.224 e. The number of hydrogen-bond donors (Lipinski definition) is 1. The number of oxazole rings is 1. The van der Waals surface area contributed by atoms with Gasteiger partial charge < -0.3 is 14.3 Å². The van der Waals surface area contributed by atoms with Crippen LogP contribution in [0, 0.1) is 5.82 Å². The number of carbonyl (C=O) groups is 1. The van der Waals surface area contributed by atoms with E-state index in [2.05, 4.69) is 19.9 Å². The minimum Gasteiger partial charge on any atom is -0.441 e. The third-order valence-corrected chi connectivity index (χ3v) is 5.69. The first-order chi connectivity index (χ1) is 15.7. The second-order valence-corrected chi connectivity index (χ2v) is 7.91. The number of carbonyl (C=O) groups excluding carboxylic acids is 1. The first-order valence-corrected chi connectivity index (χ1v) is 10.8. The number of halogens is 1. The predicted molar refractivity (Wildman–Crippen MR) is 119 cm³/mol. The molecule has 32 heavy (non-hydrogen) atoms. The summed E-state index contributed by atoms with van der Waals surface area (Å²) in [5.74, 6) is 1.23. The maximum absolute atomic E-state index is 13.9. The summed E-state index contributed by atoms with van der Waals surface area (Å²) in [7, 11) is 0. The lowest BCUT2D eigenvalue weighted by molar-refractivity contribution is -0.116. The highest BCUT2D eigenvalue weighted by Gasteiger charge is 2.15. The summed E-state index contributed by atoms with van der Waals surface area (Å²) < 4.78 is 21.8. The Hall–Kier alpha value is -3.74. The summed E-state index contributed by atoms with van der Waals surface area (Å²) in [5.41, 5.74) is 3.41. The number of aromatic nitrogens is 3. The average Bonchev–Trinajstić information content (AvgIpc) is 3.46. The average molecular weight is 430 g/mol. The van der Waals surface area contributed by atoms with E-state index >= 15 is 0 Å². The monoisotopic (exact) mass is 430 g/mol. The van der Waals surface area contributed by atoms with E-state index in [1.807, 2.05) is 30.5 Å². The molecule has 0 unspecified atom stereocenters. The van der Waals surface area contributed by atoms with Crippen molar-refractivity contribution in [3.05, 3.63) is 78.3 Å². The number of nitrogens with one attached hydrogen (secondary N) is 1. The SMILES string of the molecule is O=C(CCc1ncc(-c2ccccc2F)o1)Nc1ccc(-c2ncc3n2CCCC3)cc1. The summed E-state index contributed by atoms with van der Waals surface area (Å²) in [6.07, 6.45) is 7.47. The minimum atomic E-state index is -0.368. The molecule has 3 heterocycles. The van der Waals surface area contributed by atoms with Gasteiger partial charge in [-0.2, -0.15) is 0 Å². The van der Waals surface area contributed by atoms with Crippen LogP contribution in [0.15, 0.2) is 65.3 Å². The highest BCUT2D eigenvalue weighted by Crippen LogP contribution is 2.26. The lowest BCUT2D eigenvalue weighted by Crippen LogP contribution is -2.12. The summed E-state index contributed by atoms with van der Waals surface area (Å²) in [4.78, 5) is 21.1. The molecule has 6 nitrogen and oxygen atoms in total. The standard InChI is InChI=1S/C25H23FN4O2/c26-21-7-2-1-6-20(21)22-16-27-24(32-22)13-12-23(31)29-18-10-8-17(9-11-18)25-28-15-19-5-3-4-14-30(19)25/h1-2,6-11,15-16H,3-5,12-14H2,(H,29,31). The van der Waals surface area contributed by atoms with Crippen LogP contribution >= 0.6 is 0 Å². The largest absolute Gasteiger partial charge is 0.441 e. The Labute approximate surface area is 185 Å². The number of aryl methyl sites for hydroxylation is 2. The van der Waals surface area contributed by atoms with Gasteiger partial charge in [0.25, 0.3) is 0 Å². The Kier molecular flexibility index (Phi) is 5.54. The van der Waals surface area contributed by atoms with Crippen molar-refractivity contribution < 1.29 is 13.6 Å². The highest BCUT2D eigenvalue weighted by molar-refractivity contribution is 5.91. The van der Waals surface area contributed by atoms with Crippen molar-refractivity contribution in [2.75, 3.05) is 5.32 Å². The minimum absolute atomic E-state index is 0.137. The van der Waals surface area contributed by atoms with Gasteiger partial charge in [-0.1, -0.05) is 12.1 Å². The van der Waals surface area contributed by atoms with Crippen LogP contribution in [0.5, 0.6) is 0 Å². The number of benzene rings is 2. The molecule has 0 bridgehead atoms. The molecule has 0 atom stereocenters. The Bertz CT molecular complexity index is 1240. The number of rotatable bonds is 6. The molecule has 0 aliphatic carbocycles. The van der Waals surface area contributed by atoms with Gasteiger partial charge in [0.05, 0.1) is 11.8 Å². The Balaban J connectivity index is 1.18. The molecule has 2 aromatic carbocycles. The van der Waals surface area contributed by atoms with Gasteiger partial charge in [-0.05, 0) is 55.7 Å². The molecule has 0 fully saturated rings. The summed E-state index contributed by atoms with van der Waals surface area (Å²) >= 11 is 0. The third-order valence-electron chi connectivity index (χ3n) is 5.69. The normalized spacial score (nSPS) is 13.0. The third kappa shape index (κ3) is 4.19. The smallest absolute Gasteiger partial charge is 0.224 e. The summed E-state index contributed by atoms with van der Waals surface area (Å²) in [6, 6.07) is 14.1. The molecule has 7 heteroatoms. The fourth-order valence-corrected chi connectivity index (χ4v) is 4.02. The van der Waals surface area contributed by atoms with Crippen molar-refractivity contribution in [2.45, 2.75) is 38.6 Å². The van der Waals surface area contributed by atoms with E-state index in [0.29, 0.717) is 23.6 Å². The first kappa shape index (κ1) is 20.2. The van der Waals surface area contributed by atoms with Crippen LogP contribution in [-0.2, 0) is 24.2 Å². The van der Waals surface area contributed by atoms with Crippen LogP contribution in [0.4, 0.5) is 10.1 Å². The van der Waals surface area contributed by atoms with E-state index in [9.17, 15) is 9.18 Å². The second kappa shape index (κ2) is 8.78. The Morgan fingerprint density at radius 2 is 1.91 bits per heavy atom. The molecule has 1 aliphatic heterocycles. The molecule has 1 N–H and O–H groups in total. The van der Waals surface area contributed by atoms with Gasteiger partial charge in [-0.25, -0.2) is 14.4 Å². The van der Waals surface area contributed by atoms with E-state index < -0.39 is 0 Å². The molecule has 5 rings (SSSR count). The van der Waals surface area contributed by atoms with E-state index in [0.717, 1.165) is 30.0 Å². The van der Waals surface area contributed by atoms with Gasteiger partial charge >= 0.3 is 0 Å². The van der Waals surface area contributed by atoms with Crippen molar-refractivity contribution in [1.82, 2.24) is 14.5 Å². The zero-order valence-electron chi connectivity index (χ0n) is 17.6. The van der Waals surface area contributed by atoms with Gasteiger partial charge in [-0.15, -0.1) is 0 Å². The number of imidazole rings is 1. The zero-order valence-corrected chi connectivity index (χ0v) is 17.6. The maximum atomic E-state index is 13.9. The molecule has 0 radical (unpaired) electrons. The Morgan fingerprint density at radius 1 is 1.06 bits per heavy atom. The summed E-state index contributed by atoms with van der Waals surface area (Å²) in [6.45, 7) is 1.00. The molecule has 0 spiro atoms. The van der Waals surface area contributed by atoms with Crippen LogP contribution in [0.3, 0.4) is 0 Å². The van der Waals surface area contributed by atoms with Crippen molar-refractivity contribution in [3.8, 4) is 22.7 Å². The van der Waals surface area contributed by atoms with Crippen LogP contribution in [0.2, 0.25) is 0 Å². The molecule has 1 aliphatic rings. The topological polar surface area (TPSA) is 73.0 Å². The molecule has 4 aromatic rings. The van der Waals surface area contributed by atoms with Crippen LogP contribution < -0.4 is 5.32 Å². The quantitative estimate of drug-likeness (QED) is 0.453.